The van der Waals surface area contributed by atoms with Gasteiger partial charge < -0.3 is 14.2 Å². The zero-order valence-corrected chi connectivity index (χ0v) is 24.9. The van der Waals surface area contributed by atoms with Crippen molar-refractivity contribution in [3.63, 3.8) is 0 Å². The molecule has 0 N–H and O–H groups in total. The van der Waals surface area contributed by atoms with E-state index >= 15 is 0 Å². The Morgan fingerprint density at radius 3 is 2.53 bits per heavy atom. The van der Waals surface area contributed by atoms with Crippen molar-refractivity contribution >= 4 is 16.9 Å². The highest BCUT2D eigenvalue weighted by atomic mass is 19.3. The number of alkyl halides is 3. The van der Waals surface area contributed by atoms with E-state index in [1.165, 1.54) is 16.4 Å². The predicted molar refractivity (Wildman–Crippen MR) is 159 cm³/mol. The van der Waals surface area contributed by atoms with Gasteiger partial charge >= 0.3 is 5.97 Å². The van der Waals surface area contributed by atoms with E-state index in [-0.39, 0.29) is 12.2 Å². The second-order valence-electron chi connectivity index (χ2n) is 11.8. The molecule has 2 aromatic carbocycles. The summed E-state index contributed by atoms with van der Waals surface area (Å²) in [5.74, 6) is -0.124. The largest absolute Gasteiger partial charge is 0.464 e. The summed E-state index contributed by atoms with van der Waals surface area (Å²) in [6, 6.07) is 8.72. The van der Waals surface area contributed by atoms with Crippen molar-refractivity contribution in [2.24, 2.45) is 0 Å². The molecule has 0 spiro atoms. The van der Waals surface area contributed by atoms with Crippen LogP contribution in [0.2, 0.25) is 0 Å². The molecule has 1 saturated heterocycles. The standard InChI is InChI=1S/C33H38F3N5O2/c1-4-43-33(42)31(30-28-6-5-13-40(28)19-37-30)41-18-27-26(32(35)36)16-25(21(3)29(27)38-41)24-9-7-22(8-10-24)23-11-14-39(15-12-23)17-20(2)34/h7-10,16,18-20,23,31-32H,4-6,11-15,17H2,1-3H3. The van der Waals surface area contributed by atoms with Crippen LogP contribution in [-0.4, -0.2) is 62.6 Å². The summed E-state index contributed by atoms with van der Waals surface area (Å²) < 4.78 is 51.3. The number of carbonyl (C=O) groups is 1. The highest BCUT2D eigenvalue weighted by Crippen LogP contribution is 2.38. The number of likely N-dealkylation sites (tertiary alicyclic amines) is 1. The molecule has 4 heterocycles. The summed E-state index contributed by atoms with van der Waals surface area (Å²) in [7, 11) is 0. The minimum absolute atomic E-state index is 0.127. The fraction of sp³-hybridized carbons (Fsp3) is 0.485. The number of hydrogen-bond acceptors (Lipinski definition) is 5. The van der Waals surface area contributed by atoms with Gasteiger partial charge in [0.25, 0.3) is 6.43 Å². The summed E-state index contributed by atoms with van der Waals surface area (Å²) >= 11 is 0. The number of aryl methyl sites for hydroxylation is 2. The minimum Gasteiger partial charge on any atom is -0.464 e. The van der Waals surface area contributed by atoms with Crippen molar-refractivity contribution in [3.8, 4) is 11.1 Å². The van der Waals surface area contributed by atoms with E-state index in [1.807, 2.05) is 23.6 Å². The molecule has 2 unspecified atom stereocenters. The Hall–Kier alpha value is -3.66. The highest BCUT2D eigenvalue weighted by Gasteiger charge is 2.33. The SMILES string of the molecule is CCOC(=O)C(c1ncn2c1CCC2)n1cc2c(C(F)F)cc(-c3ccc(C4CCN(CC(C)F)CC4)cc3)c(C)c2n1. The highest BCUT2D eigenvalue weighted by molar-refractivity contribution is 5.92. The fourth-order valence-electron chi connectivity index (χ4n) is 6.80. The first-order chi connectivity index (χ1) is 20.7. The van der Waals surface area contributed by atoms with Crippen molar-refractivity contribution < 1.29 is 22.7 Å². The number of ether oxygens (including phenoxy) is 1. The maximum absolute atomic E-state index is 14.5. The molecule has 2 atom stereocenters. The van der Waals surface area contributed by atoms with Crippen molar-refractivity contribution in [3.05, 3.63) is 70.9 Å². The Labute approximate surface area is 249 Å². The normalized spacial score (nSPS) is 17.5. The van der Waals surface area contributed by atoms with Crippen LogP contribution in [0.1, 0.15) is 79.6 Å². The minimum atomic E-state index is -2.73. The van der Waals surface area contributed by atoms with Gasteiger partial charge in [0, 0.05) is 35.9 Å². The lowest BCUT2D eigenvalue weighted by Crippen LogP contribution is -2.36. The Balaban J connectivity index is 1.35. The quantitative estimate of drug-likeness (QED) is 0.200. The molecule has 0 aliphatic carbocycles. The molecule has 10 heteroatoms. The van der Waals surface area contributed by atoms with Gasteiger partial charge in [-0.1, -0.05) is 24.3 Å². The molecular weight excluding hydrogens is 555 g/mol. The molecule has 0 radical (unpaired) electrons. The molecule has 43 heavy (non-hydrogen) atoms. The number of rotatable bonds is 9. The lowest BCUT2D eigenvalue weighted by atomic mass is 9.87. The van der Waals surface area contributed by atoms with Crippen molar-refractivity contribution in [1.29, 1.82) is 0 Å². The average Bonchev–Trinajstić information content (AvgIpc) is 3.72. The van der Waals surface area contributed by atoms with Crippen LogP contribution >= 0.6 is 0 Å². The third-order valence-electron chi connectivity index (χ3n) is 8.95. The summed E-state index contributed by atoms with van der Waals surface area (Å²) in [5.41, 5.74) is 5.29. The summed E-state index contributed by atoms with van der Waals surface area (Å²) in [6.45, 7) is 8.43. The van der Waals surface area contributed by atoms with Crippen LogP contribution < -0.4 is 0 Å². The van der Waals surface area contributed by atoms with Crippen molar-refractivity contribution in [1.82, 2.24) is 24.2 Å². The first-order valence-electron chi connectivity index (χ1n) is 15.2. The molecule has 2 aliphatic rings. The van der Waals surface area contributed by atoms with Gasteiger partial charge in [0.05, 0.1) is 24.1 Å². The van der Waals surface area contributed by atoms with E-state index in [4.69, 9.17) is 9.84 Å². The molecule has 6 rings (SSSR count). The lowest BCUT2D eigenvalue weighted by Gasteiger charge is -2.32. The number of nitrogens with zero attached hydrogens (tertiary/aromatic N) is 5. The number of benzene rings is 2. The maximum atomic E-state index is 14.5. The third-order valence-corrected chi connectivity index (χ3v) is 8.95. The molecule has 0 amide bonds. The van der Waals surface area contributed by atoms with Crippen LogP contribution in [0.5, 0.6) is 0 Å². The van der Waals surface area contributed by atoms with Gasteiger partial charge in [0.2, 0.25) is 0 Å². The Bertz CT molecular complexity index is 1600. The predicted octanol–water partition coefficient (Wildman–Crippen LogP) is 6.78. The number of piperidine rings is 1. The summed E-state index contributed by atoms with van der Waals surface area (Å²) in [6.07, 6.45) is 3.36. The maximum Gasteiger partial charge on any atom is 0.337 e. The first-order valence-corrected chi connectivity index (χ1v) is 15.2. The number of carbonyl (C=O) groups excluding carboxylic acids is 1. The second kappa shape index (κ2) is 12.1. The number of aromatic nitrogens is 4. The van der Waals surface area contributed by atoms with E-state index in [9.17, 15) is 18.0 Å². The smallest absolute Gasteiger partial charge is 0.337 e. The number of esters is 1. The van der Waals surface area contributed by atoms with Crippen LogP contribution in [-0.2, 0) is 22.5 Å². The molecule has 2 aromatic heterocycles. The summed E-state index contributed by atoms with van der Waals surface area (Å²) in [4.78, 5) is 19.9. The zero-order valence-electron chi connectivity index (χ0n) is 24.9. The van der Waals surface area contributed by atoms with Gasteiger partial charge in [-0.05, 0) is 93.8 Å². The Kier molecular flexibility index (Phi) is 8.31. The zero-order chi connectivity index (χ0) is 30.2. The molecule has 228 valence electrons. The van der Waals surface area contributed by atoms with Crippen LogP contribution in [0.15, 0.2) is 42.9 Å². The molecule has 2 aliphatic heterocycles. The fourth-order valence-corrected chi connectivity index (χ4v) is 6.80. The molecule has 0 bridgehead atoms. The van der Waals surface area contributed by atoms with Gasteiger partial charge in [-0.15, -0.1) is 0 Å². The van der Waals surface area contributed by atoms with Crippen molar-refractivity contribution in [2.75, 3.05) is 26.2 Å². The number of hydrogen-bond donors (Lipinski definition) is 0. The van der Waals surface area contributed by atoms with E-state index in [0.717, 1.165) is 62.1 Å². The molecule has 4 aromatic rings. The van der Waals surface area contributed by atoms with Crippen LogP contribution in [0.4, 0.5) is 13.2 Å². The third kappa shape index (κ3) is 5.69. The molecular formula is C33H38F3N5O2. The Morgan fingerprint density at radius 1 is 1.12 bits per heavy atom. The van der Waals surface area contributed by atoms with Gasteiger partial charge in [-0.2, -0.15) is 5.10 Å². The van der Waals surface area contributed by atoms with E-state index in [2.05, 4.69) is 22.0 Å². The molecule has 7 nitrogen and oxygen atoms in total. The topological polar surface area (TPSA) is 65.2 Å². The average molecular weight is 594 g/mol. The lowest BCUT2D eigenvalue weighted by molar-refractivity contribution is -0.146. The number of fused-ring (bicyclic) bond motifs is 2. The van der Waals surface area contributed by atoms with Crippen molar-refractivity contribution in [2.45, 2.75) is 77.6 Å². The van der Waals surface area contributed by atoms with E-state index < -0.39 is 24.6 Å². The Morgan fingerprint density at radius 2 is 1.86 bits per heavy atom. The van der Waals surface area contributed by atoms with Gasteiger partial charge in [0.1, 0.15) is 6.17 Å². The van der Waals surface area contributed by atoms with Gasteiger partial charge in [0.15, 0.2) is 6.04 Å². The molecule has 1 fully saturated rings. The number of imidazole rings is 1. The molecule has 0 saturated carbocycles. The monoisotopic (exact) mass is 593 g/mol. The second-order valence-corrected chi connectivity index (χ2v) is 11.8. The van der Waals surface area contributed by atoms with E-state index in [1.54, 1.807) is 26.2 Å². The first kappa shape index (κ1) is 29.4. The summed E-state index contributed by atoms with van der Waals surface area (Å²) in [5, 5.41) is 5.06. The van der Waals surface area contributed by atoms with E-state index in [0.29, 0.717) is 34.6 Å². The van der Waals surface area contributed by atoms with Crippen LogP contribution in [0.3, 0.4) is 0 Å². The van der Waals surface area contributed by atoms with Crippen LogP contribution in [0.25, 0.3) is 22.0 Å². The number of halogens is 3. The van der Waals surface area contributed by atoms with Crippen LogP contribution in [0, 0.1) is 6.92 Å². The van der Waals surface area contributed by atoms with Gasteiger partial charge in [-0.25, -0.2) is 22.9 Å². The van der Waals surface area contributed by atoms with Gasteiger partial charge in [-0.3, -0.25) is 4.68 Å².